The van der Waals surface area contributed by atoms with Crippen LogP contribution in [-0.2, 0) is 4.79 Å². The third kappa shape index (κ3) is 4.12. The number of furan rings is 1. The van der Waals surface area contributed by atoms with Gasteiger partial charge in [0.25, 0.3) is 5.91 Å². The number of hydrazine groups is 1. The Kier molecular flexibility index (Phi) is 4.83. The van der Waals surface area contributed by atoms with Crippen LogP contribution in [-0.4, -0.2) is 18.4 Å². The van der Waals surface area contributed by atoms with Gasteiger partial charge in [-0.05, 0) is 50.1 Å². The molecule has 116 valence electrons. The van der Waals surface area contributed by atoms with Gasteiger partial charge in [0.1, 0.15) is 11.5 Å². The first kappa shape index (κ1) is 15.6. The lowest BCUT2D eigenvalue weighted by Gasteiger charge is -2.10. The van der Waals surface area contributed by atoms with Crippen molar-refractivity contribution in [3.63, 3.8) is 0 Å². The maximum Gasteiger partial charge on any atom is 0.305 e. The average Bonchev–Trinajstić information content (AvgIpc) is 2.92. The van der Waals surface area contributed by atoms with Gasteiger partial charge in [-0.3, -0.25) is 20.4 Å². The summed E-state index contributed by atoms with van der Waals surface area (Å²) in [5, 5.41) is 0. The van der Waals surface area contributed by atoms with E-state index in [0.717, 1.165) is 11.1 Å². The Morgan fingerprint density at radius 1 is 1.09 bits per heavy atom. The van der Waals surface area contributed by atoms with Gasteiger partial charge in [-0.25, -0.2) is 0 Å². The summed E-state index contributed by atoms with van der Waals surface area (Å²) in [7, 11) is 0. The highest BCUT2D eigenvalue weighted by molar-refractivity contribution is 5.93. The first-order valence-corrected chi connectivity index (χ1v) is 6.81. The van der Waals surface area contributed by atoms with Gasteiger partial charge in [0.15, 0.2) is 12.4 Å². The van der Waals surface area contributed by atoms with Gasteiger partial charge in [0.05, 0.1) is 0 Å². The van der Waals surface area contributed by atoms with E-state index in [0.29, 0.717) is 11.5 Å². The Labute approximate surface area is 128 Å². The maximum absolute atomic E-state index is 11.7. The largest absolute Gasteiger partial charge is 0.483 e. The van der Waals surface area contributed by atoms with Crippen molar-refractivity contribution in [2.75, 3.05) is 6.61 Å². The van der Waals surface area contributed by atoms with Gasteiger partial charge in [0.2, 0.25) is 0 Å². The van der Waals surface area contributed by atoms with E-state index in [1.54, 1.807) is 13.0 Å². The molecule has 0 bridgehead atoms. The van der Waals surface area contributed by atoms with Crippen LogP contribution in [0.3, 0.4) is 0 Å². The molecule has 0 radical (unpaired) electrons. The van der Waals surface area contributed by atoms with Crippen LogP contribution in [0, 0.1) is 20.8 Å². The molecule has 2 aromatic rings. The van der Waals surface area contributed by atoms with Crippen LogP contribution in [0.5, 0.6) is 5.75 Å². The smallest absolute Gasteiger partial charge is 0.305 e. The monoisotopic (exact) mass is 302 g/mol. The zero-order valence-electron chi connectivity index (χ0n) is 12.7. The highest BCUT2D eigenvalue weighted by atomic mass is 16.5. The molecule has 0 saturated carbocycles. The maximum atomic E-state index is 11.7. The number of hydrogen-bond acceptors (Lipinski definition) is 4. The molecule has 0 spiro atoms. The second-order valence-corrected chi connectivity index (χ2v) is 4.97. The quantitative estimate of drug-likeness (QED) is 0.847. The molecule has 1 aromatic heterocycles. The zero-order valence-corrected chi connectivity index (χ0v) is 12.7. The Balaban J connectivity index is 1.81. The van der Waals surface area contributed by atoms with Gasteiger partial charge in [-0.15, -0.1) is 0 Å². The topological polar surface area (TPSA) is 80.6 Å². The molecule has 2 amide bonds. The van der Waals surface area contributed by atoms with Crippen LogP contribution in [0.25, 0.3) is 0 Å². The highest BCUT2D eigenvalue weighted by Gasteiger charge is 2.11. The lowest BCUT2D eigenvalue weighted by atomic mass is 10.1. The minimum Gasteiger partial charge on any atom is -0.483 e. The third-order valence-electron chi connectivity index (χ3n) is 2.98. The van der Waals surface area contributed by atoms with Crippen molar-refractivity contribution in [3.8, 4) is 5.75 Å². The van der Waals surface area contributed by atoms with Crippen molar-refractivity contribution >= 4 is 11.8 Å². The molecule has 0 aliphatic heterocycles. The summed E-state index contributed by atoms with van der Waals surface area (Å²) in [6.07, 6.45) is 0. The fraction of sp³-hybridized carbons (Fsp3) is 0.250. The molecule has 0 unspecified atom stereocenters. The summed E-state index contributed by atoms with van der Waals surface area (Å²) in [5.41, 5.74) is 6.52. The number of rotatable bonds is 4. The molecular weight excluding hydrogens is 284 g/mol. The molecular formula is C16H18N2O4. The normalized spacial score (nSPS) is 10.1. The van der Waals surface area contributed by atoms with Crippen LogP contribution in [0.1, 0.15) is 27.4 Å². The molecule has 6 heteroatoms. The number of nitrogens with one attached hydrogen (secondary N) is 2. The van der Waals surface area contributed by atoms with Crippen LogP contribution in [0.2, 0.25) is 0 Å². The van der Waals surface area contributed by atoms with Crippen LogP contribution in [0.4, 0.5) is 0 Å². The van der Waals surface area contributed by atoms with Crippen molar-refractivity contribution < 1.29 is 18.7 Å². The molecule has 1 heterocycles. The van der Waals surface area contributed by atoms with Gasteiger partial charge in [-0.2, -0.15) is 0 Å². The van der Waals surface area contributed by atoms with Gasteiger partial charge in [-0.1, -0.05) is 12.1 Å². The molecule has 0 aliphatic rings. The number of carbonyl (C=O) groups is 2. The summed E-state index contributed by atoms with van der Waals surface area (Å²) in [6.45, 7) is 5.38. The van der Waals surface area contributed by atoms with Gasteiger partial charge < -0.3 is 9.15 Å². The summed E-state index contributed by atoms with van der Waals surface area (Å²) >= 11 is 0. The van der Waals surface area contributed by atoms with E-state index in [9.17, 15) is 9.59 Å². The molecule has 0 saturated heterocycles. The summed E-state index contributed by atoms with van der Waals surface area (Å²) in [4.78, 5) is 23.3. The van der Waals surface area contributed by atoms with E-state index in [1.807, 2.05) is 32.0 Å². The van der Waals surface area contributed by atoms with Crippen molar-refractivity contribution in [1.29, 1.82) is 0 Å². The molecule has 0 atom stereocenters. The standard InChI is InChI=1S/C16H18N2O4/c1-10-4-5-11(2)14(8-10)21-9-15(19)17-18-16(20)13-7-6-12(3)22-13/h4-8H,9H2,1-3H3,(H,17,19)(H,18,20). The number of carbonyl (C=O) groups excluding carboxylic acids is 2. The van der Waals surface area contributed by atoms with Gasteiger partial charge in [0, 0.05) is 0 Å². The molecule has 0 fully saturated rings. The zero-order chi connectivity index (χ0) is 16.1. The van der Waals surface area contributed by atoms with Crippen molar-refractivity contribution in [1.82, 2.24) is 10.9 Å². The minimum absolute atomic E-state index is 0.133. The number of amides is 2. The first-order chi connectivity index (χ1) is 10.5. The summed E-state index contributed by atoms with van der Waals surface area (Å²) < 4.78 is 10.6. The number of ether oxygens (including phenoxy) is 1. The Morgan fingerprint density at radius 2 is 1.86 bits per heavy atom. The molecule has 2 N–H and O–H groups in total. The van der Waals surface area contributed by atoms with Crippen molar-refractivity contribution in [3.05, 3.63) is 53.0 Å². The van der Waals surface area contributed by atoms with Gasteiger partial charge >= 0.3 is 5.91 Å². The summed E-state index contributed by atoms with van der Waals surface area (Å²) in [5.74, 6) is 0.414. The second kappa shape index (κ2) is 6.80. The van der Waals surface area contributed by atoms with E-state index < -0.39 is 11.8 Å². The van der Waals surface area contributed by atoms with Crippen molar-refractivity contribution in [2.45, 2.75) is 20.8 Å². The second-order valence-electron chi connectivity index (χ2n) is 4.97. The summed E-state index contributed by atoms with van der Waals surface area (Å²) in [6, 6.07) is 8.94. The fourth-order valence-electron chi connectivity index (χ4n) is 1.79. The Morgan fingerprint density at radius 3 is 2.55 bits per heavy atom. The fourth-order valence-corrected chi connectivity index (χ4v) is 1.79. The van der Waals surface area contributed by atoms with Crippen molar-refractivity contribution in [2.24, 2.45) is 0 Å². The Bertz CT molecular complexity index is 691. The van der Waals surface area contributed by atoms with E-state index in [1.165, 1.54) is 6.07 Å². The van der Waals surface area contributed by atoms with E-state index in [4.69, 9.17) is 9.15 Å². The third-order valence-corrected chi connectivity index (χ3v) is 2.98. The molecule has 6 nitrogen and oxygen atoms in total. The number of hydrogen-bond donors (Lipinski definition) is 2. The average molecular weight is 302 g/mol. The number of aryl methyl sites for hydroxylation is 3. The first-order valence-electron chi connectivity index (χ1n) is 6.81. The van der Waals surface area contributed by atoms with Crippen LogP contribution < -0.4 is 15.6 Å². The molecule has 1 aromatic carbocycles. The Hall–Kier alpha value is -2.76. The predicted molar refractivity (Wildman–Crippen MR) is 80.5 cm³/mol. The highest BCUT2D eigenvalue weighted by Crippen LogP contribution is 2.18. The van der Waals surface area contributed by atoms with Crippen LogP contribution in [0.15, 0.2) is 34.7 Å². The minimum atomic E-state index is -0.520. The lowest BCUT2D eigenvalue weighted by molar-refractivity contribution is -0.123. The van der Waals surface area contributed by atoms with Crippen LogP contribution >= 0.6 is 0 Å². The molecule has 0 aliphatic carbocycles. The molecule has 22 heavy (non-hydrogen) atoms. The molecule has 2 rings (SSSR count). The van der Waals surface area contributed by atoms with E-state index in [-0.39, 0.29) is 12.4 Å². The van der Waals surface area contributed by atoms with E-state index >= 15 is 0 Å². The SMILES string of the molecule is Cc1ccc(C)c(OCC(=O)NNC(=O)c2ccc(C)o2)c1. The lowest BCUT2D eigenvalue weighted by Crippen LogP contribution is -2.43. The van der Waals surface area contributed by atoms with E-state index in [2.05, 4.69) is 10.9 Å². The predicted octanol–water partition coefficient (Wildman–Crippen LogP) is 2.04. The number of benzene rings is 1.